The molecule has 4 heteroatoms. The molecule has 0 fully saturated rings. The van der Waals surface area contributed by atoms with Crippen LogP contribution in [0.25, 0.3) is 11.0 Å². The van der Waals surface area contributed by atoms with E-state index in [4.69, 9.17) is 0 Å². The van der Waals surface area contributed by atoms with Crippen molar-refractivity contribution >= 4 is 16.9 Å². The number of amides is 1. The normalized spacial score (nSPS) is 10.7. The Labute approximate surface area is 113 Å². The van der Waals surface area contributed by atoms with Crippen LogP contribution in [-0.4, -0.2) is 22.4 Å². The lowest BCUT2D eigenvalue weighted by molar-refractivity contribution is 0.0953. The van der Waals surface area contributed by atoms with Crippen molar-refractivity contribution in [2.24, 2.45) is 0 Å². The van der Waals surface area contributed by atoms with Gasteiger partial charge in [0.2, 0.25) is 0 Å². The molecule has 0 unspecified atom stereocenters. The van der Waals surface area contributed by atoms with Crippen molar-refractivity contribution in [1.29, 1.82) is 0 Å². The lowest BCUT2D eigenvalue weighted by Crippen LogP contribution is -2.24. The Kier molecular flexibility index (Phi) is 4.10. The number of carbonyl (C=O) groups excluding carboxylic acids is 1. The largest absolute Gasteiger partial charge is 0.352 e. The predicted molar refractivity (Wildman–Crippen MR) is 76.3 cm³/mol. The standard InChI is InChI=1S/C15H19N3O/c1-4-5-8-16-15(19)12-6-7-13-14(9-12)18-11(3)10(2)17-13/h6-7,9H,4-5,8H2,1-3H3,(H,16,19). The summed E-state index contributed by atoms with van der Waals surface area (Å²) in [5, 5.41) is 2.90. The molecule has 0 spiro atoms. The van der Waals surface area contributed by atoms with Gasteiger partial charge in [-0.15, -0.1) is 0 Å². The zero-order valence-corrected chi connectivity index (χ0v) is 11.7. The SMILES string of the molecule is CCCCNC(=O)c1ccc2nc(C)c(C)nc2c1. The summed E-state index contributed by atoms with van der Waals surface area (Å²) in [6.07, 6.45) is 2.07. The molecular weight excluding hydrogens is 238 g/mol. The number of fused-ring (bicyclic) bond motifs is 1. The number of hydrogen-bond donors (Lipinski definition) is 1. The fourth-order valence-electron chi connectivity index (χ4n) is 1.85. The number of hydrogen-bond acceptors (Lipinski definition) is 3. The van der Waals surface area contributed by atoms with Crippen LogP contribution in [0.4, 0.5) is 0 Å². The van der Waals surface area contributed by atoms with Gasteiger partial charge in [0.1, 0.15) is 0 Å². The highest BCUT2D eigenvalue weighted by Crippen LogP contribution is 2.14. The Morgan fingerprint density at radius 3 is 2.53 bits per heavy atom. The Hall–Kier alpha value is -1.97. The topological polar surface area (TPSA) is 54.9 Å². The fourth-order valence-corrected chi connectivity index (χ4v) is 1.85. The zero-order valence-electron chi connectivity index (χ0n) is 11.7. The van der Waals surface area contributed by atoms with E-state index in [9.17, 15) is 4.79 Å². The van der Waals surface area contributed by atoms with Crippen molar-refractivity contribution in [3.8, 4) is 0 Å². The van der Waals surface area contributed by atoms with Gasteiger partial charge >= 0.3 is 0 Å². The number of nitrogens with one attached hydrogen (secondary N) is 1. The van der Waals surface area contributed by atoms with Crippen molar-refractivity contribution in [1.82, 2.24) is 15.3 Å². The molecule has 0 aliphatic heterocycles. The first-order chi connectivity index (χ1) is 9.11. The van der Waals surface area contributed by atoms with Gasteiger partial charge in [0.25, 0.3) is 5.91 Å². The van der Waals surface area contributed by atoms with Gasteiger partial charge in [-0.1, -0.05) is 13.3 Å². The highest BCUT2D eigenvalue weighted by atomic mass is 16.1. The van der Waals surface area contributed by atoms with Crippen molar-refractivity contribution in [2.45, 2.75) is 33.6 Å². The highest BCUT2D eigenvalue weighted by molar-refractivity contribution is 5.97. The molecule has 0 aliphatic rings. The van der Waals surface area contributed by atoms with Gasteiger partial charge in [-0.25, -0.2) is 9.97 Å². The molecule has 1 amide bonds. The minimum atomic E-state index is -0.0459. The van der Waals surface area contributed by atoms with Crippen LogP contribution in [0.5, 0.6) is 0 Å². The van der Waals surface area contributed by atoms with Crippen LogP contribution in [0.15, 0.2) is 18.2 Å². The van der Waals surface area contributed by atoms with E-state index in [-0.39, 0.29) is 5.91 Å². The number of nitrogens with zero attached hydrogens (tertiary/aromatic N) is 2. The van der Waals surface area contributed by atoms with Crippen molar-refractivity contribution < 1.29 is 4.79 Å². The van der Waals surface area contributed by atoms with Crippen LogP contribution in [0.3, 0.4) is 0 Å². The lowest BCUT2D eigenvalue weighted by Gasteiger charge is -2.06. The molecule has 19 heavy (non-hydrogen) atoms. The molecule has 1 aromatic carbocycles. The summed E-state index contributed by atoms with van der Waals surface area (Å²) in [5.41, 5.74) is 4.06. The van der Waals surface area contributed by atoms with Crippen LogP contribution in [-0.2, 0) is 0 Å². The summed E-state index contributed by atoms with van der Waals surface area (Å²) < 4.78 is 0. The van der Waals surface area contributed by atoms with Crippen LogP contribution < -0.4 is 5.32 Å². The second-order valence-corrected chi connectivity index (χ2v) is 4.71. The summed E-state index contributed by atoms with van der Waals surface area (Å²) in [6, 6.07) is 5.45. The molecule has 100 valence electrons. The molecule has 0 saturated carbocycles. The van der Waals surface area contributed by atoms with Gasteiger partial charge in [-0.05, 0) is 38.5 Å². The number of rotatable bonds is 4. The number of benzene rings is 1. The number of unbranched alkanes of at least 4 members (excludes halogenated alkanes) is 1. The molecule has 4 nitrogen and oxygen atoms in total. The van der Waals surface area contributed by atoms with E-state index < -0.39 is 0 Å². The third-order valence-corrected chi connectivity index (χ3v) is 3.15. The molecular formula is C15H19N3O. The molecule has 0 saturated heterocycles. The minimum absolute atomic E-state index is 0.0459. The van der Waals surface area contributed by atoms with E-state index in [0.29, 0.717) is 12.1 Å². The quantitative estimate of drug-likeness (QED) is 0.857. The number of carbonyl (C=O) groups is 1. The molecule has 1 N–H and O–H groups in total. The average Bonchev–Trinajstić information content (AvgIpc) is 2.40. The predicted octanol–water partition coefficient (Wildman–Crippen LogP) is 2.78. The maximum absolute atomic E-state index is 12.0. The van der Waals surface area contributed by atoms with E-state index in [0.717, 1.165) is 35.3 Å². The molecule has 0 bridgehead atoms. The Morgan fingerprint density at radius 1 is 1.16 bits per heavy atom. The van der Waals surface area contributed by atoms with E-state index in [1.165, 1.54) is 0 Å². The molecule has 2 aromatic rings. The summed E-state index contributed by atoms with van der Waals surface area (Å²) >= 11 is 0. The first-order valence-electron chi connectivity index (χ1n) is 6.65. The maximum atomic E-state index is 12.0. The van der Waals surface area contributed by atoms with E-state index >= 15 is 0 Å². The first kappa shape index (κ1) is 13.5. The number of aromatic nitrogens is 2. The second-order valence-electron chi connectivity index (χ2n) is 4.71. The molecule has 0 radical (unpaired) electrons. The second kappa shape index (κ2) is 5.78. The van der Waals surface area contributed by atoms with Gasteiger partial charge in [-0.3, -0.25) is 4.79 Å². The summed E-state index contributed by atoms with van der Waals surface area (Å²) in [7, 11) is 0. The van der Waals surface area contributed by atoms with Crippen molar-refractivity contribution in [3.63, 3.8) is 0 Å². The monoisotopic (exact) mass is 257 g/mol. The van der Waals surface area contributed by atoms with Gasteiger partial charge < -0.3 is 5.32 Å². The Balaban J connectivity index is 2.26. The van der Waals surface area contributed by atoms with Crippen LogP contribution in [0.2, 0.25) is 0 Å². The van der Waals surface area contributed by atoms with Crippen LogP contribution >= 0.6 is 0 Å². The van der Waals surface area contributed by atoms with Crippen LogP contribution in [0.1, 0.15) is 41.5 Å². The van der Waals surface area contributed by atoms with Crippen molar-refractivity contribution in [3.05, 3.63) is 35.2 Å². The average molecular weight is 257 g/mol. The summed E-state index contributed by atoms with van der Waals surface area (Å²) in [5.74, 6) is -0.0459. The van der Waals surface area contributed by atoms with Gasteiger partial charge in [0.05, 0.1) is 22.4 Å². The highest BCUT2D eigenvalue weighted by Gasteiger charge is 2.08. The fraction of sp³-hybridized carbons (Fsp3) is 0.400. The third-order valence-electron chi connectivity index (χ3n) is 3.15. The van der Waals surface area contributed by atoms with Crippen LogP contribution in [0, 0.1) is 13.8 Å². The first-order valence-corrected chi connectivity index (χ1v) is 6.65. The van der Waals surface area contributed by atoms with E-state index in [1.807, 2.05) is 19.9 Å². The summed E-state index contributed by atoms with van der Waals surface area (Å²) in [6.45, 7) is 6.68. The van der Waals surface area contributed by atoms with Crippen molar-refractivity contribution in [2.75, 3.05) is 6.54 Å². The summed E-state index contributed by atoms with van der Waals surface area (Å²) in [4.78, 5) is 20.9. The zero-order chi connectivity index (χ0) is 13.8. The molecule has 1 heterocycles. The lowest BCUT2D eigenvalue weighted by atomic mass is 10.1. The maximum Gasteiger partial charge on any atom is 0.251 e. The number of aryl methyl sites for hydroxylation is 2. The van der Waals surface area contributed by atoms with Gasteiger partial charge in [0.15, 0.2) is 0 Å². The van der Waals surface area contributed by atoms with E-state index in [2.05, 4.69) is 22.2 Å². The minimum Gasteiger partial charge on any atom is -0.352 e. The molecule has 0 aliphatic carbocycles. The molecule has 0 atom stereocenters. The van der Waals surface area contributed by atoms with E-state index in [1.54, 1.807) is 12.1 Å². The Morgan fingerprint density at radius 2 is 1.84 bits per heavy atom. The smallest absolute Gasteiger partial charge is 0.251 e. The van der Waals surface area contributed by atoms with Gasteiger partial charge in [0, 0.05) is 12.1 Å². The van der Waals surface area contributed by atoms with Gasteiger partial charge in [-0.2, -0.15) is 0 Å². The molecule has 2 rings (SSSR count). The third kappa shape index (κ3) is 3.08. The molecule has 1 aromatic heterocycles. The Bertz CT molecular complexity index is 608.